The van der Waals surface area contributed by atoms with Gasteiger partial charge >= 0.3 is 0 Å². The molecule has 4 heteroatoms. The summed E-state index contributed by atoms with van der Waals surface area (Å²) in [5.41, 5.74) is 0.484. The molecule has 2 nitrogen and oxygen atoms in total. The quantitative estimate of drug-likeness (QED) is 0.784. The number of rotatable bonds is 3. The fourth-order valence-corrected chi connectivity index (χ4v) is 1.50. The van der Waals surface area contributed by atoms with Crippen LogP contribution in [-0.4, -0.2) is 19.5 Å². The van der Waals surface area contributed by atoms with Crippen LogP contribution in [0.3, 0.4) is 0 Å². The molecule has 0 spiro atoms. The van der Waals surface area contributed by atoms with E-state index < -0.39 is 0 Å². The smallest absolute Gasteiger partial charge is 0.189 e. The molecule has 0 aliphatic carbocycles. The van der Waals surface area contributed by atoms with Gasteiger partial charge in [0.05, 0.1) is 5.02 Å². The maximum atomic E-state index is 11.4. The largest absolute Gasteiger partial charge is 0.377 e. The summed E-state index contributed by atoms with van der Waals surface area (Å²) in [4.78, 5) is 11.4. The second-order valence-corrected chi connectivity index (χ2v) is 3.80. The Bertz CT molecular complexity index is 325. The molecule has 0 heterocycles. The SMILES string of the molecule is COCC(=O)c1cc(Br)ccc1Cl. The average molecular weight is 264 g/mol. The molecule has 0 radical (unpaired) electrons. The molecular weight excluding hydrogens is 255 g/mol. The monoisotopic (exact) mass is 262 g/mol. The molecule has 0 saturated heterocycles. The number of ether oxygens (including phenoxy) is 1. The van der Waals surface area contributed by atoms with Crippen LogP contribution in [0.5, 0.6) is 0 Å². The van der Waals surface area contributed by atoms with Crippen molar-refractivity contribution in [3.63, 3.8) is 0 Å². The van der Waals surface area contributed by atoms with Crippen LogP contribution >= 0.6 is 27.5 Å². The lowest BCUT2D eigenvalue weighted by atomic mass is 10.1. The van der Waals surface area contributed by atoms with Crippen LogP contribution in [0.2, 0.25) is 5.02 Å². The summed E-state index contributed by atoms with van der Waals surface area (Å²) < 4.78 is 5.56. The van der Waals surface area contributed by atoms with Crippen molar-refractivity contribution in [3.8, 4) is 0 Å². The van der Waals surface area contributed by atoms with E-state index in [2.05, 4.69) is 15.9 Å². The third-order valence-corrected chi connectivity index (χ3v) is 2.33. The lowest BCUT2D eigenvalue weighted by Gasteiger charge is -2.02. The lowest BCUT2D eigenvalue weighted by Crippen LogP contribution is -2.07. The van der Waals surface area contributed by atoms with Gasteiger partial charge in [0.15, 0.2) is 5.78 Å². The van der Waals surface area contributed by atoms with E-state index in [0.29, 0.717) is 10.6 Å². The first-order valence-electron chi connectivity index (χ1n) is 3.62. The third-order valence-electron chi connectivity index (χ3n) is 1.50. The standard InChI is InChI=1S/C9H8BrClO2/c1-13-5-9(12)7-4-6(10)2-3-8(7)11/h2-4H,5H2,1H3. The third kappa shape index (κ3) is 2.79. The first-order valence-corrected chi connectivity index (χ1v) is 4.79. The first kappa shape index (κ1) is 10.7. The van der Waals surface area contributed by atoms with E-state index in [9.17, 15) is 4.79 Å². The molecule has 0 N–H and O–H groups in total. The molecule has 0 atom stereocenters. The van der Waals surface area contributed by atoms with Crippen LogP contribution in [0.4, 0.5) is 0 Å². The molecule has 0 bridgehead atoms. The van der Waals surface area contributed by atoms with Gasteiger partial charge in [-0.25, -0.2) is 0 Å². The molecule has 0 aromatic heterocycles. The average Bonchev–Trinajstić information content (AvgIpc) is 2.09. The van der Waals surface area contributed by atoms with Crippen molar-refractivity contribution in [2.24, 2.45) is 0 Å². The maximum absolute atomic E-state index is 11.4. The molecule has 0 aliphatic heterocycles. The van der Waals surface area contributed by atoms with Crippen LogP contribution in [0.25, 0.3) is 0 Å². The van der Waals surface area contributed by atoms with Gasteiger partial charge in [0, 0.05) is 17.1 Å². The Morgan fingerprint density at radius 3 is 2.92 bits per heavy atom. The summed E-state index contributed by atoms with van der Waals surface area (Å²) >= 11 is 9.09. The molecule has 0 aliphatic rings. The van der Waals surface area contributed by atoms with Crippen molar-refractivity contribution in [1.82, 2.24) is 0 Å². The number of hydrogen-bond donors (Lipinski definition) is 0. The van der Waals surface area contributed by atoms with Crippen molar-refractivity contribution in [2.45, 2.75) is 0 Å². The van der Waals surface area contributed by atoms with Gasteiger partial charge in [-0.15, -0.1) is 0 Å². The van der Waals surface area contributed by atoms with E-state index in [1.54, 1.807) is 18.2 Å². The van der Waals surface area contributed by atoms with Crippen molar-refractivity contribution >= 4 is 33.3 Å². The fraction of sp³-hybridized carbons (Fsp3) is 0.222. The number of halogens is 2. The van der Waals surface area contributed by atoms with Crippen LogP contribution in [0, 0.1) is 0 Å². The summed E-state index contributed by atoms with van der Waals surface area (Å²) in [5.74, 6) is -0.117. The van der Waals surface area contributed by atoms with Gasteiger partial charge in [-0.3, -0.25) is 4.79 Å². The number of ketones is 1. The summed E-state index contributed by atoms with van der Waals surface area (Å²) in [7, 11) is 1.48. The van der Waals surface area contributed by atoms with Crippen LogP contribution < -0.4 is 0 Å². The van der Waals surface area contributed by atoms with Gasteiger partial charge in [0.1, 0.15) is 6.61 Å². The Labute approximate surface area is 90.0 Å². The zero-order valence-corrected chi connectivity index (χ0v) is 9.35. The van der Waals surface area contributed by atoms with Gasteiger partial charge in [0.2, 0.25) is 0 Å². The second kappa shape index (κ2) is 4.74. The predicted molar refractivity (Wildman–Crippen MR) is 55.4 cm³/mol. The van der Waals surface area contributed by atoms with Crippen molar-refractivity contribution in [2.75, 3.05) is 13.7 Å². The van der Waals surface area contributed by atoms with Crippen LogP contribution in [0.15, 0.2) is 22.7 Å². The van der Waals surface area contributed by atoms with E-state index in [0.717, 1.165) is 4.47 Å². The predicted octanol–water partition coefficient (Wildman–Crippen LogP) is 2.93. The molecule has 13 heavy (non-hydrogen) atoms. The second-order valence-electron chi connectivity index (χ2n) is 2.48. The van der Waals surface area contributed by atoms with Gasteiger partial charge in [-0.1, -0.05) is 27.5 Å². The molecule has 1 aromatic carbocycles. The van der Waals surface area contributed by atoms with Crippen molar-refractivity contribution in [3.05, 3.63) is 33.3 Å². The van der Waals surface area contributed by atoms with Gasteiger partial charge in [-0.05, 0) is 18.2 Å². The highest BCUT2D eigenvalue weighted by atomic mass is 79.9. The molecule has 70 valence electrons. The highest BCUT2D eigenvalue weighted by molar-refractivity contribution is 9.10. The fourth-order valence-electron chi connectivity index (χ4n) is 0.920. The minimum Gasteiger partial charge on any atom is -0.377 e. The normalized spacial score (nSPS) is 10.1. The molecule has 1 aromatic rings. The summed E-state index contributed by atoms with van der Waals surface area (Å²) in [6.07, 6.45) is 0. The molecule has 0 saturated carbocycles. The Kier molecular flexibility index (Phi) is 3.90. The number of carbonyl (C=O) groups excluding carboxylic acids is 1. The summed E-state index contributed by atoms with van der Waals surface area (Å²) in [6.45, 7) is 0.0518. The maximum Gasteiger partial charge on any atom is 0.189 e. The molecular formula is C9H8BrClO2. The highest BCUT2D eigenvalue weighted by Crippen LogP contribution is 2.21. The number of methoxy groups -OCH3 is 1. The highest BCUT2D eigenvalue weighted by Gasteiger charge is 2.09. The van der Waals surface area contributed by atoms with Gasteiger partial charge < -0.3 is 4.74 Å². The molecule has 0 fully saturated rings. The lowest BCUT2D eigenvalue weighted by molar-refractivity contribution is 0.0848. The van der Waals surface area contributed by atoms with E-state index >= 15 is 0 Å². The number of hydrogen-bond acceptors (Lipinski definition) is 2. The number of Topliss-reactive ketones (excluding diaryl/α,β-unsaturated/α-hetero) is 1. The zero-order chi connectivity index (χ0) is 9.84. The number of carbonyl (C=O) groups is 1. The Morgan fingerprint density at radius 2 is 2.31 bits per heavy atom. The topological polar surface area (TPSA) is 26.3 Å². The Morgan fingerprint density at radius 1 is 1.62 bits per heavy atom. The van der Waals surface area contributed by atoms with Gasteiger partial charge in [0.25, 0.3) is 0 Å². The number of benzene rings is 1. The Balaban J connectivity index is 2.99. The van der Waals surface area contributed by atoms with E-state index in [1.807, 2.05) is 0 Å². The zero-order valence-electron chi connectivity index (χ0n) is 7.01. The minimum absolute atomic E-state index is 0.0518. The summed E-state index contributed by atoms with van der Waals surface area (Å²) in [5, 5.41) is 0.449. The molecule has 0 unspecified atom stereocenters. The summed E-state index contributed by atoms with van der Waals surface area (Å²) in [6, 6.07) is 5.14. The minimum atomic E-state index is -0.117. The Hall–Kier alpha value is -0.380. The van der Waals surface area contributed by atoms with Crippen molar-refractivity contribution < 1.29 is 9.53 Å². The van der Waals surface area contributed by atoms with Crippen LogP contribution in [-0.2, 0) is 4.74 Å². The molecule has 0 amide bonds. The molecule has 1 rings (SSSR count). The van der Waals surface area contributed by atoms with Crippen molar-refractivity contribution in [1.29, 1.82) is 0 Å². The first-order chi connectivity index (χ1) is 6.15. The van der Waals surface area contributed by atoms with E-state index in [1.165, 1.54) is 7.11 Å². The van der Waals surface area contributed by atoms with E-state index in [-0.39, 0.29) is 12.4 Å². The van der Waals surface area contributed by atoms with E-state index in [4.69, 9.17) is 16.3 Å². The van der Waals surface area contributed by atoms with Gasteiger partial charge in [-0.2, -0.15) is 0 Å². The van der Waals surface area contributed by atoms with Crippen LogP contribution in [0.1, 0.15) is 10.4 Å².